The summed E-state index contributed by atoms with van der Waals surface area (Å²) in [5.41, 5.74) is 5.09. The van der Waals surface area contributed by atoms with Gasteiger partial charge in [-0.3, -0.25) is 14.4 Å². The second-order valence-corrected chi connectivity index (χ2v) is 6.07. The predicted octanol–water partition coefficient (Wildman–Crippen LogP) is -1.65. The van der Waals surface area contributed by atoms with Crippen molar-refractivity contribution in [3.05, 3.63) is 0 Å². The molecule has 0 radical (unpaired) electrons. The Balaban J connectivity index is 4.80. The highest BCUT2D eigenvalue weighted by Gasteiger charge is 2.33. The Morgan fingerprint density at radius 3 is 1.64 bits per heavy atom. The Labute approximate surface area is 164 Å². The molecule has 5 N–H and O–H groups in total. The fourth-order valence-corrected chi connectivity index (χ4v) is 1.62. The van der Waals surface area contributed by atoms with Crippen LogP contribution in [0.25, 0.3) is 0 Å². The van der Waals surface area contributed by atoms with E-state index < -0.39 is 54.5 Å². The molecule has 0 bridgehead atoms. The van der Waals surface area contributed by atoms with Gasteiger partial charge in [0.05, 0.1) is 31.8 Å². The maximum atomic E-state index is 12.2. The highest BCUT2D eigenvalue weighted by molar-refractivity contribution is 6.03. The summed E-state index contributed by atoms with van der Waals surface area (Å²) in [6.07, 6.45) is 0.151. The molecule has 0 aliphatic carbocycles. The van der Waals surface area contributed by atoms with Crippen LogP contribution in [0.3, 0.4) is 0 Å². The van der Waals surface area contributed by atoms with Crippen LogP contribution >= 0.6 is 0 Å². The summed E-state index contributed by atoms with van der Waals surface area (Å²) in [4.78, 5) is 59.0. The average molecular weight is 402 g/mol. The van der Waals surface area contributed by atoms with Crippen LogP contribution in [0.15, 0.2) is 0 Å². The summed E-state index contributed by atoms with van der Waals surface area (Å²) in [7, 11) is 0. The molecule has 11 nitrogen and oxygen atoms in total. The predicted molar refractivity (Wildman–Crippen MR) is 98.7 cm³/mol. The average Bonchev–Trinajstić information content (AvgIpc) is 2.67. The smallest absolute Gasteiger partial charge is 0.340 e. The van der Waals surface area contributed by atoms with Crippen molar-refractivity contribution in [2.75, 3.05) is 19.6 Å². The van der Waals surface area contributed by atoms with E-state index in [2.05, 4.69) is 16.0 Å². The van der Waals surface area contributed by atoms with E-state index in [4.69, 9.17) is 15.2 Å². The molecule has 0 saturated carbocycles. The molecule has 2 unspecified atom stereocenters. The third-order valence-corrected chi connectivity index (χ3v) is 3.64. The SMILES string of the molecule is CCC(C)OC(=O)C(NC(=O)CNC(=O)CNC(=O)CN)C(=O)OC(C)CC. The normalized spacial score (nSPS) is 13.5. The minimum atomic E-state index is -1.65. The first-order chi connectivity index (χ1) is 13.1. The topological polar surface area (TPSA) is 166 Å². The largest absolute Gasteiger partial charge is 0.461 e. The molecule has 2 atom stereocenters. The summed E-state index contributed by atoms with van der Waals surface area (Å²) in [5.74, 6) is -3.86. The van der Waals surface area contributed by atoms with Crippen molar-refractivity contribution in [2.24, 2.45) is 5.73 Å². The van der Waals surface area contributed by atoms with Gasteiger partial charge in [0, 0.05) is 0 Å². The van der Waals surface area contributed by atoms with Crippen LogP contribution < -0.4 is 21.7 Å². The number of esters is 2. The third-order valence-electron chi connectivity index (χ3n) is 3.64. The van der Waals surface area contributed by atoms with E-state index in [1.165, 1.54) is 0 Å². The molecular formula is C17H30N4O7. The van der Waals surface area contributed by atoms with Gasteiger partial charge >= 0.3 is 11.9 Å². The van der Waals surface area contributed by atoms with Gasteiger partial charge in [0.15, 0.2) is 0 Å². The number of rotatable bonds is 12. The van der Waals surface area contributed by atoms with Gasteiger partial charge in [0.25, 0.3) is 0 Å². The maximum absolute atomic E-state index is 12.2. The monoisotopic (exact) mass is 402 g/mol. The van der Waals surface area contributed by atoms with Crippen molar-refractivity contribution in [1.29, 1.82) is 0 Å². The summed E-state index contributed by atoms with van der Waals surface area (Å²) in [5, 5.41) is 6.67. The number of nitrogens with two attached hydrogens (primary N) is 1. The van der Waals surface area contributed by atoms with Crippen LogP contribution in [-0.4, -0.2) is 67.5 Å². The fraction of sp³-hybridized carbons (Fsp3) is 0.706. The second-order valence-electron chi connectivity index (χ2n) is 6.07. The molecule has 0 aromatic carbocycles. The molecular weight excluding hydrogens is 372 g/mol. The Morgan fingerprint density at radius 2 is 1.21 bits per heavy atom. The lowest BCUT2D eigenvalue weighted by Gasteiger charge is -2.21. The minimum Gasteiger partial charge on any atom is -0.461 e. The Morgan fingerprint density at radius 1 is 0.786 bits per heavy atom. The van der Waals surface area contributed by atoms with E-state index in [0.29, 0.717) is 12.8 Å². The van der Waals surface area contributed by atoms with Crippen molar-refractivity contribution < 1.29 is 33.4 Å². The van der Waals surface area contributed by atoms with Gasteiger partial charge in [0.2, 0.25) is 23.8 Å². The first-order valence-corrected chi connectivity index (χ1v) is 9.08. The molecule has 0 aliphatic rings. The lowest BCUT2D eigenvalue weighted by atomic mass is 10.2. The molecule has 0 aliphatic heterocycles. The molecule has 0 heterocycles. The molecule has 0 fully saturated rings. The Kier molecular flexibility index (Phi) is 12.2. The summed E-state index contributed by atoms with van der Waals surface area (Å²) in [6.45, 7) is 5.73. The number of carbonyl (C=O) groups is 5. The van der Waals surface area contributed by atoms with E-state index in [0.717, 1.165) is 0 Å². The molecule has 0 aromatic rings. The van der Waals surface area contributed by atoms with E-state index in [1.54, 1.807) is 27.7 Å². The van der Waals surface area contributed by atoms with Gasteiger partial charge in [0.1, 0.15) is 0 Å². The van der Waals surface area contributed by atoms with Crippen LogP contribution in [0, 0.1) is 0 Å². The van der Waals surface area contributed by atoms with Crippen molar-refractivity contribution in [3.63, 3.8) is 0 Å². The number of nitrogens with one attached hydrogen (secondary N) is 3. The number of amides is 3. The number of hydrogen-bond donors (Lipinski definition) is 4. The number of hydrogen-bond acceptors (Lipinski definition) is 8. The van der Waals surface area contributed by atoms with Gasteiger partial charge in [-0.2, -0.15) is 0 Å². The zero-order chi connectivity index (χ0) is 21.7. The fourth-order valence-electron chi connectivity index (χ4n) is 1.62. The van der Waals surface area contributed by atoms with Crippen molar-refractivity contribution in [1.82, 2.24) is 16.0 Å². The van der Waals surface area contributed by atoms with Gasteiger partial charge in [-0.05, 0) is 26.7 Å². The standard InChI is InChI=1S/C17H30N4O7/c1-5-10(3)27-16(25)15(17(26)28-11(4)6-2)21-14(24)9-20-13(23)8-19-12(22)7-18/h10-11,15H,5-9,18H2,1-4H3,(H,19,22)(H,20,23)(H,21,24). The van der Waals surface area contributed by atoms with E-state index >= 15 is 0 Å². The van der Waals surface area contributed by atoms with Crippen LogP contribution in [0.5, 0.6) is 0 Å². The van der Waals surface area contributed by atoms with Crippen LogP contribution in [0.1, 0.15) is 40.5 Å². The molecule has 0 saturated heterocycles. The maximum Gasteiger partial charge on any atom is 0.340 e. The zero-order valence-corrected chi connectivity index (χ0v) is 16.7. The lowest BCUT2D eigenvalue weighted by Crippen LogP contribution is -2.52. The molecule has 0 aromatic heterocycles. The van der Waals surface area contributed by atoms with E-state index in [9.17, 15) is 24.0 Å². The molecule has 0 spiro atoms. The summed E-state index contributed by atoms with van der Waals surface area (Å²) >= 11 is 0. The first-order valence-electron chi connectivity index (χ1n) is 9.08. The Hall–Kier alpha value is -2.69. The number of carbonyl (C=O) groups excluding carboxylic acids is 5. The van der Waals surface area contributed by atoms with Crippen molar-refractivity contribution >= 4 is 29.7 Å². The van der Waals surface area contributed by atoms with Gasteiger partial charge in [-0.25, -0.2) is 9.59 Å². The summed E-state index contributed by atoms with van der Waals surface area (Å²) < 4.78 is 10.2. The number of ether oxygens (including phenoxy) is 2. The van der Waals surface area contributed by atoms with Crippen molar-refractivity contribution in [3.8, 4) is 0 Å². The van der Waals surface area contributed by atoms with E-state index in [1.807, 2.05) is 0 Å². The van der Waals surface area contributed by atoms with Gasteiger partial charge < -0.3 is 31.2 Å². The third kappa shape index (κ3) is 10.5. The van der Waals surface area contributed by atoms with Crippen LogP contribution in [0.4, 0.5) is 0 Å². The molecule has 11 heteroatoms. The quantitative estimate of drug-likeness (QED) is 0.222. The molecule has 160 valence electrons. The lowest BCUT2D eigenvalue weighted by molar-refractivity contribution is -0.165. The first kappa shape index (κ1) is 25.3. The van der Waals surface area contributed by atoms with Gasteiger partial charge in [-0.15, -0.1) is 0 Å². The minimum absolute atomic E-state index is 0.272. The van der Waals surface area contributed by atoms with E-state index in [-0.39, 0.29) is 13.1 Å². The highest BCUT2D eigenvalue weighted by atomic mass is 16.6. The zero-order valence-electron chi connectivity index (χ0n) is 16.7. The second kappa shape index (κ2) is 13.5. The Bertz CT molecular complexity index is 544. The highest BCUT2D eigenvalue weighted by Crippen LogP contribution is 2.04. The summed E-state index contributed by atoms with van der Waals surface area (Å²) in [6, 6.07) is -1.65. The van der Waals surface area contributed by atoms with Crippen molar-refractivity contribution in [2.45, 2.75) is 58.8 Å². The molecule has 3 amide bonds. The van der Waals surface area contributed by atoms with Crippen LogP contribution in [0.2, 0.25) is 0 Å². The van der Waals surface area contributed by atoms with Gasteiger partial charge in [-0.1, -0.05) is 13.8 Å². The molecule has 0 rings (SSSR count). The van der Waals surface area contributed by atoms with Crippen LogP contribution in [-0.2, 0) is 33.4 Å². The molecule has 28 heavy (non-hydrogen) atoms.